The van der Waals surface area contributed by atoms with Crippen LogP contribution in [-0.2, 0) is 0 Å². The van der Waals surface area contributed by atoms with Crippen molar-refractivity contribution in [3.8, 4) is 0 Å². The Bertz CT molecular complexity index is 99.9. The molecule has 1 N–H and O–H groups in total. The third-order valence-corrected chi connectivity index (χ3v) is 0.979. The number of hydrazine groups is 1. The predicted octanol–water partition coefficient (Wildman–Crippen LogP) is 0.320. The zero-order valence-electron chi connectivity index (χ0n) is 4.03. The maximum absolute atomic E-state index is 5.51. The average Bonchev–Trinajstić information content (AvgIpc) is 1.87. The van der Waals surface area contributed by atoms with Gasteiger partial charge in [0.15, 0.2) is 0 Å². The van der Waals surface area contributed by atoms with Gasteiger partial charge in [0.1, 0.15) is 0 Å². The SMILES string of the molecule is CN1[C]=C(Cl)CN1. The maximum Gasteiger partial charge on any atom is 0.0936 e. The van der Waals surface area contributed by atoms with Crippen molar-refractivity contribution in [2.45, 2.75) is 0 Å². The molecule has 0 saturated heterocycles. The smallest absolute Gasteiger partial charge is 0.0936 e. The van der Waals surface area contributed by atoms with Gasteiger partial charge >= 0.3 is 0 Å². The van der Waals surface area contributed by atoms with Crippen molar-refractivity contribution in [3.05, 3.63) is 11.2 Å². The Morgan fingerprint density at radius 1 is 2.00 bits per heavy atom. The van der Waals surface area contributed by atoms with E-state index in [0.29, 0.717) is 0 Å². The van der Waals surface area contributed by atoms with Crippen LogP contribution in [0.25, 0.3) is 0 Å². The number of hydrogen-bond acceptors (Lipinski definition) is 2. The number of halogens is 1. The lowest BCUT2D eigenvalue weighted by Crippen LogP contribution is -2.23. The van der Waals surface area contributed by atoms with E-state index in [1.807, 2.05) is 7.05 Å². The average molecular weight is 118 g/mol. The van der Waals surface area contributed by atoms with Crippen LogP contribution < -0.4 is 5.43 Å². The molecule has 0 spiro atoms. The monoisotopic (exact) mass is 117 g/mol. The van der Waals surface area contributed by atoms with E-state index in [9.17, 15) is 0 Å². The Balaban J connectivity index is 2.50. The minimum atomic E-state index is 0.720. The molecule has 2 nitrogen and oxygen atoms in total. The lowest BCUT2D eigenvalue weighted by molar-refractivity contribution is 0.359. The van der Waals surface area contributed by atoms with Crippen molar-refractivity contribution >= 4 is 11.6 Å². The summed E-state index contributed by atoms with van der Waals surface area (Å²) in [5.74, 6) is 0. The van der Waals surface area contributed by atoms with Crippen LogP contribution in [0.4, 0.5) is 0 Å². The molecule has 0 unspecified atom stereocenters. The molecule has 0 aromatic carbocycles. The molecule has 7 heavy (non-hydrogen) atoms. The van der Waals surface area contributed by atoms with Crippen LogP contribution in [0.15, 0.2) is 5.03 Å². The molecule has 0 fully saturated rings. The molecule has 0 atom stereocenters. The van der Waals surface area contributed by atoms with E-state index in [1.54, 1.807) is 5.01 Å². The van der Waals surface area contributed by atoms with Gasteiger partial charge in [0.05, 0.1) is 17.8 Å². The second-order valence-electron chi connectivity index (χ2n) is 1.41. The maximum atomic E-state index is 5.51. The van der Waals surface area contributed by atoms with Crippen molar-refractivity contribution in [2.75, 3.05) is 13.6 Å². The first-order chi connectivity index (χ1) is 3.29. The molecule has 1 radical (unpaired) electrons. The summed E-state index contributed by atoms with van der Waals surface area (Å²) in [7, 11) is 1.86. The molecule has 0 saturated carbocycles. The van der Waals surface area contributed by atoms with E-state index in [-0.39, 0.29) is 0 Å². The fourth-order valence-corrected chi connectivity index (χ4v) is 0.636. The molecule has 0 aromatic rings. The highest BCUT2D eigenvalue weighted by Gasteiger charge is 2.03. The summed E-state index contributed by atoms with van der Waals surface area (Å²) in [5.41, 5.74) is 2.92. The van der Waals surface area contributed by atoms with Crippen LogP contribution in [0.3, 0.4) is 0 Å². The van der Waals surface area contributed by atoms with Gasteiger partial charge in [-0.1, -0.05) is 11.6 Å². The lowest BCUT2D eigenvalue weighted by atomic mass is 10.6. The molecule has 1 rings (SSSR count). The van der Waals surface area contributed by atoms with Crippen LogP contribution >= 0.6 is 11.6 Å². The third-order valence-electron chi connectivity index (χ3n) is 0.760. The first kappa shape index (κ1) is 4.94. The van der Waals surface area contributed by atoms with E-state index in [4.69, 9.17) is 11.6 Å². The summed E-state index contributed by atoms with van der Waals surface area (Å²) in [6.07, 6.45) is 2.82. The number of hydrogen-bond donors (Lipinski definition) is 1. The highest BCUT2D eigenvalue weighted by molar-refractivity contribution is 6.29. The van der Waals surface area contributed by atoms with Gasteiger partial charge < -0.3 is 5.01 Å². The Labute approximate surface area is 47.7 Å². The summed E-state index contributed by atoms with van der Waals surface area (Å²) in [6.45, 7) is 0.720. The standard InChI is InChI=1S/C4H6ClN2/c1-7-3-4(5)2-6-7/h6H,2H2,1H3. The summed E-state index contributed by atoms with van der Waals surface area (Å²) in [6, 6.07) is 0. The molecular formula is C4H6ClN2. The Kier molecular flexibility index (Phi) is 1.21. The van der Waals surface area contributed by atoms with Crippen molar-refractivity contribution in [1.29, 1.82) is 0 Å². The summed E-state index contributed by atoms with van der Waals surface area (Å²) in [5, 5.41) is 2.45. The lowest BCUT2D eigenvalue weighted by Gasteiger charge is -2.03. The van der Waals surface area contributed by atoms with Gasteiger partial charge in [-0.25, -0.2) is 5.43 Å². The largest absolute Gasteiger partial charge is 0.308 e. The van der Waals surface area contributed by atoms with Crippen LogP contribution in [0.2, 0.25) is 0 Å². The molecule has 1 aliphatic rings. The highest BCUT2D eigenvalue weighted by atomic mass is 35.5. The first-order valence-electron chi connectivity index (χ1n) is 2.04. The fourth-order valence-electron chi connectivity index (χ4n) is 0.449. The number of nitrogens with zero attached hydrogens (tertiary/aromatic N) is 1. The molecule has 39 valence electrons. The number of rotatable bonds is 0. The molecule has 0 aliphatic carbocycles. The Hall–Kier alpha value is -0.210. The molecule has 0 amide bonds. The van der Waals surface area contributed by atoms with Gasteiger partial charge in [0.2, 0.25) is 0 Å². The highest BCUT2D eigenvalue weighted by Crippen LogP contribution is 2.03. The minimum Gasteiger partial charge on any atom is -0.308 e. The molecule has 1 aliphatic heterocycles. The molecule has 1 heterocycles. The van der Waals surface area contributed by atoms with Gasteiger partial charge in [0, 0.05) is 7.05 Å². The van der Waals surface area contributed by atoms with Crippen molar-refractivity contribution in [2.24, 2.45) is 0 Å². The Morgan fingerprint density at radius 2 is 2.71 bits per heavy atom. The predicted molar refractivity (Wildman–Crippen MR) is 28.4 cm³/mol. The summed E-state index contributed by atoms with van der Waals surface area (Å²) < 4.78 is 0. The van der Waals surface area contributed by atoms with Crippen molar-refractivity contribution < 1.29 is 0 Å². The zero-order chi connectivity index (χ0) is 5.28. The molecule has 3 heteroatoms. The van der Waals surface area contributed by atoms with Crippen molar-refractivity contribution in [3.63, 3.8) is 0 Å². The second-order valence-corrected chi connectivity index (χ2v) is 1.87. The molecule has 0 aromatic heterocycles. The van der Waals surface area contributed by atoms with Crippen LogP contribution in [-0.4, -0.2) is 18.6 Å². The molecular weight excluding hydrogens is 112 g/mol. The zero-order valence-corrected chi connectivity index (χ0v) is 4.79. The quantitative estimate of drug-likeness (QED) is 0.492. The Morgan fingerprint density at radius 3 is 2.86 bits per heavy atom. The van der Waals surface area contributed by atoms with E-state index in [2.05, 4.69) is 11.6 Å². The summed E-state index contributed by atoms with van der Waals surface area (Å²) >= 11 is 5.51. The minimum absolute atomic E-state index is 0.720. The third kappa shape index (κ3) is 1.08. The van der Waals surface area contributed by atoms with Crippen LogP contribution in [0.5, 0.6) is 0 Å². The van der Waals surface area contributed by atoms with E-state index in [0.717, 1.165) is 11.6 Å². The van der Waals surface area contributed by atoms with E-state index in [1.165, 1.54) is 0 Å². The summed E-state index contributed by atoms with van der Waals surface area (Å²) in [4.78, 5) is 0. The van der Waals surface area contributed by atoms with Gasteiger partial charge in [-0.3, -0.25) is 0 Å². The van der Waals surface area contributed by atoms with E-state index >= 15 is 0 Å². The molecule has 0 bridgehead atoms. The topological polar surface area (TPSA) is 15.3 Å². The van der Waals surface area contributed by atoms with E-state index < -0.39 is 0 Å². The normalized spacial score (nSPS) is 20.3. The van der Waals surface area contributed by atoms with Gasteiger partial charge in [-0.05, 0) is 0 Å². The first-order valence-corrected chi connectivity index (χ1v) is 2.42. The second kappa shape index (κ2) is 1.72. The van der Waals surface area contributed by atoms with Gasteiger partial charge in [0.25, 0.3) is 0 Å². The van der Waals surface area contributed by atoms with Gasteiger partial charge in [-0.15, -0.1) is 0 Å². The van der Waals surface area contributed by atoms with Gasteiger partial charge in [-0.2, -0.15) is 0 Å². The van der Waals surface area contributed by atoms with Crippen molar-refractivity contribution in [1.82, 2.24) is 10.4 Å². The number of nitrogens with one attached hydrogen (secondary N) is 1. The van der Waals surface area contributed by atoms with Crippen LogP contribution in [0.1, 0.15) is 0 Å². The van der Waals surface area contributed by atoms with Crippen LogP contribution in [0, 0.1) is 6.20 Å². The fraction of sp³-hybridized carbons (Fsp3) is 0.500.